The largest absolute Gasteiger partial charge is 0.461 e. The van der Waals surface area contributed by atoms with Crippen LogP contribution in [0.4, 0.5) is 8.78 Å². The Bertz CT molecular complexity index is 415. The molecule has 1 rings (SSSR count). The average Bonchev–Trinajstić information content (AvgIpc) is 2.21. The maximum atomic E-state index is 12.4. The Kier molecular flexibility index (Phi) is 4.85. The van der Waals surface area contributed by atoms with Gasteiger partial charge in [-0.05, 0) is 29.5 Å². The molecule has 0 spiro atoms. The highest BCUT2D eigenvalue weighted by Gasteiger charge is 2.21. The van der Waals surface area contributed by atoms with Crippen LogP contribution in [0.2, 0.25) is 5.02 Å². The van der Waals surface area contributed by atoms with Crippen LogP contribution in [-0.4, -0.2) is 17.6 Å². The number of halogens is 4. The minimum atomic E-state index is -2.72. The molecule has 1 aromatic heterocycles. The smallest absolute Gasteiger partial charge is 0.358 e. The first-order valence-corrected chi connectivity index (χ1v) is 5.73. The summed E-state index contributed by atoms with van der Waals surface area (Å²) in [6, 6.07) is 0. The zero-order valence-corrected chi connectivity index (χ0v) is 11.1. The molecule has 16 heavy (non-hydrogen) atoms. The van der Waals surface area contributed by atoms with Gasteiger partial charge in [-0.1, -0.05) is 11.6 Å². The molecule has 0 fully saturated rings. The Labute approximate surface area is 109 Å². The second-order valence-corrected chi connectivity index (χ2v) is 4.17. The first-order valence-electron chi connectivity index (χ1n) is 4.28. The fraction of sp³-hybridized carbons (Fsp3) is 0.333. The number of hydrogen-bond donors (Lipinski definition) is 0. The Morgan fingerprint density at radius 3 is 2.81 bits per heavy atom. The number of ether oxygens (including phenoxy) is 1. The lowest BCUT2D eigenvalue weighted by atomic mass is 10.2. The standard InChI is InChI=1S/C9H7ClF2INO2/c1-2-16-9(15)7-6(13)5(10)4(3-14-7)8(11)12/h3,8H,2H2,1H3. The van der Waals surface area contributed by atoms with Gasteiger partial charge in [-0.3, -0.25) is 0 Å². The van der Waals surface area contributed by atoms with Crippen LogP contribution in [0.1, 0.15) is 29.4 Å². The summed E-state index contributed by atoms with van der Waals surface area (Å²) in [6.07, 6.45) is -1.83. The van der Waals surface area contributed by atoms with Crippen LogP contribution in [0.15, 0.2) is 6.20 Å². The molecule has 7 heteroatoms. The molecule has 88 valence electrons. The number of pyridine rings is 1. The molecule has 0 N–H and O–H groups in total. The van der Waals surface area contributed by atoms with Gasteiger partial charge in [0.1, 0.15) is 0 Å². The van der Waals surface area contributed by atoms with Crippen LogP contribution in [-0.2, 0) is 4.74 Å². The molecule has 3 nitrogen and oxygen atoms in total. The van der Waals surface area contributed by atoms with E-state index < -0.39 is 12.4 Å². The predicted octanol–water partition coefficient (Wildman–Crippen LogP) is 3.45. The second-order valence-electron chi connectivity index (χ2n) is 2.71. The van der Waals surface area contributed by atoms with Gasteiger partial charge < -0.3 is 4.74 Å². The van der Waals surface area contributed by atoms with Crippen LogP contribution in [0.25, 0.3) is 0 Å². The lowest BCUT2D eigenvalue weighted by Crippen LogP contribution is -2.10. The molecule has 0 aliphatic carbocycles. The summed E-state index contributed by atoms with van der Waals surface area (Å²) in [5.74, 6) is -0.672. The van der Waals surface area contributed by atoms with Gasteiger partial charge in [0.25, 0.3) is 6.43 Å². The first-order chi connectivity index (χ1) is 7.49. The van der Waals surface area contributed by atoms with Crippen molar-refractivity contribution in [2.75, 3.05) is 6.61 Å². The molecule has 1 heterocycles. The number of esters is 1. The second kappa shape index (κ2) is 5.72. The molecule has 1 aromatic rings. The molecule has 0 saturated carbocycles. The average molecular weight is 362 g/mol. The number of rotatable bonds is 3. The molecule has 0 radical (unpaired) electrons. The SMILES string of the molecule is CCOC(=O)c1ncc(C(F)F)c(Cl)c1I. The summed E-state index contributed by atoms with van der Waals surface area (Å²) in [4.78, 5) is 15.0. The number of nitrogens with zero attached hydrogens (tertiary/aromatic N) is 1. The maximum Gasteiger partial charge on any atom is 0.358 e. The summed E-state index contributed by atoms with van der Waals surface area (Å²) in [6.45, 7) is 1.82. The topological polar surface area (TPSA) is 39.2 Å². The van der Waals surface area contributed by atoms with Crippen molar-refractivity contribution in [2.24, 2.45) is 0 Å². The third-order valence-corrected chi connectivity index (χ3v) is 3.47. The zero-order chi connectivity index (χ0) is 12.3. The molecule has 0 aliphatic heterocycles. The van der Waals surface area contributed by atoms with Gasteiger partial charge in [-0.2, -0.15) is 0 Å². The normalized spacial score (nSPS) is 10.6. The fourth-order valence-electron chi connectivity index (χ4n) is 0.972. The van der Waals surface area contributed by atoms with E-state index in [4.69, 9.17) is 16.3 Å². The molecule has 0 aliphatic rings. The highest BCUT2D eigenvalue weighted by atomic mass is 127. The highest BCUT2D eigenvalue weighted by molar-refractivity contribution is 14.1. The van der Waals surface area contributed by atoms with Crippen molar-refractivity contribution in [3.63, 3.8) is 0 Å². The monoisotopic (exact) mass is 361 g/mol. The first kappa shape index (κ1) is 13.6. The van der Waals surface area contributed by atoms with E-state index in [1.807, 2.05) is 0 Å². The Balaban J connectivity index is 3.16. The van der Waals surface area contributed by atoms with Crippen LogP contribution in [0, 0.1) is 3.57 Å². The third kappa shape index (κ3) is 2.79. The number of carbonyl (C=O) groups is 1. The van der Waals surface area contributed by atoms with Gasteiger partial charge in [0.2, 0.25) is 0 Å². The van der Waals surface area contributed by atoms with E-state index in [1.54, 1.807) is 29.5 Å². The van der Waals surface area contributed by atoms with E-state index in [0.717, 1.165) is 6.20 Å². The maximum absolute atomic E-state index is 12.4. The van der Waals surface area contributed by atoms with Gasteiger partial charge in [-0.25, -0.2) is 18.6 Å². The van der Waals surface area contributed by atoms with Crippen molar-refractivity contribution in [1.82, 2.24) is 4.98 Å². The van der Waals surface area contributed by atoms with Crippen molar-refractivity contribution >= 4 is 40.2 Å². The van der Waals surface area contributed by atoms with Crippen molar-refractivity contribution in [3.05, 3.63) is 26.0 Å². The molecule has 0 atom stereocenters. The van der Waals surface area contributed by atoms with Crippen molar-refractivity contribution in [2.45, 2.75) is 13.3 Å². The Morgan fingerprint density at radius 2 is 2.31 bits per heavy atom. The zero-order valence-electron chi connectivity index (χ0n) is 8.14. The van der Waals surface area contributed by atoms with Crippen LogP contribution < -0.4 is 0 Å². The van der Waals surface area contributed by atoms with Crippen molar-refractivity contribution < 1.29 is 18.3 Å². The summed E-state index contributed by atoms with van der Waals surface area (Å²) in [7, 11) is 0. The van der Waals surface area contributed by atoms with E-state index in [2.05, 4.69) is 4.98 Å². The molecule has 0 bridgehead atoms. The van der Waals surface area contributed by atoms with Crippen LogP contribution in [0.5, 0.6) is 0 Å². The lowest BCUT2D eigenvalue weighted by molar-refractivity contribution is 0.0517. The van der Waals surface area contributed by atoms with E-state index in [9.17, 15) is 13.6 Å². The van der Waals surface area contributed by atoms with E-state index >= 15 is 0 Å². The molecule has 0 saturated heterocycles. The van der Waals surface area contributed by atoms with Crippen LogP contribution >= 0.6 is 34.2 Å². The van der Waals surface area contributed by atoms with E-state index in [1.165, 1.54) is 0 Å². The molecular formula is C9H7ClF2INO2. The quantitative estimate of drug-likeness (QED) is 0.611. The van der Waals surface area contributed by atoms with Gasteiger partial charge in [0.05, 0.1) is 20.8 Å². The summed E-state index contributed by atoms with van der Waals surface area (Å²) >= 11 is 7.39. The van der Waals surface area contributed by atoms with Gasteiger partial charge >= 0.3 is 5.97 Å². The molecule has 0 aromatic carbocycles. The molecule has 0 amide bonds. The number of carbonyl (C=O) groups excluding carboxylic acids is 1. The van der Waals surface area contributed by atoms with Gasteiger partial charge in [0, 0.05) is 6.20 Å². The summed E-state index contributed by atoms with van der Waals surface area (Å²) < 4.78 is 29.8. The van der Waals surface area contributed by atoms with E-state index in [-0.39, 0.29) is 26.5 Å². The Morgan fingerprint density at radius 1 is 1.69 bits per heavy atom. The van der Waals surface area contributed by atoms with Crippen LogP contribution in [0.3, 0.4) is 0 Å². The van der Waals surface area contributed by atoms with Gasteiger partial charge in [0.15, 0.2) is 5.69 Å². The summed E-state index contributed by atoms with van der Waals surface area (Å²) in [5.41, 5.74) is -0.434. The Hall–Kier alpha value is -0.500. The minimum absolute atomic E-state index is 0.0446. The number of hydrogen-bond acceptors (Lipinski definition) is 3. The fourth-order valence-corrected chi connectivity index (χ4v) is 1.86. The lowest BCUT2D eigenvalue weighted by Gasteiger charge is -2.08. The number of aromatic nitrogens is 1. The third-order valence-electron chi connectivity index (χ3n) is 1.69. The molecular weight excluding hydrogens is 354 g/mol. The van der Waals surface area contributed by atoms with Crippen molar-refractivity contribution in [3.8, 4) is 0 Å². The summed E-state index contributed by atoms with van der Waals surface area (Å²) in [5, 5.41) is -0.159. The van der Waals surface area contributed by atoms with E-state index in [0.29, 0.717) is 0 Å². The van der Waals surface area contributed by atoms with Crippen molar-refractivity contribution in [1.29, 1.82) is 0 Å². The predicted molar refractivity (Wildman–Crippen MR) is 62.9 cm³/mol. The minimum Gasteiger partial charge on any atom is -0.461 e. The number of alkyl halides is 2. The molecule has 0 unspecified atom stereocenters. The van der Waals surface area contributed by atoms with Gasteiger partial charge in [-0.15, -0.1) is 0 Å². The highest BCUT2D eigenvalue weighted by Crippen LogP contribution is 2.31.